The molecule has 3 aliphatic rings. The first kappa shape index (κ1) is 45.4. The van der Waals surface area contributed by atoms with Crippen LogP contribution in [0.3, 0.4) is 0 Å². The number of benzene rings is 1. The number of phenolic OH excluding ortho intramolecular Hbond substituents is 1. The van der Waals surface area contributed by atoms with Gasteiger partial charge in [-0.25, -0.2) is 4.79 Å². The van der Waals surface area contributed by atoms with Crippen molar-refractivity contribution in [1.82, 2.24) is 4.90 Å². The van der Waals surface area contributed by atoms with E-state index in [-0.39, 0.29) is 54.1 Å². The third kappa shape index (κ3) is 11.6. The minimum Gasteiger partial charge on any atom is -0.504 e. The van der Waals surface area contributed by atoms with Gasteiger partial charge in [0.05, 0.1) is 51.3 Å². The predicted octanol–water partition coefficient (Wildman–Crippen LogP) is 6.93. The Labute approximate surface area is 309 Å². The van der Waals surface area contributed by atoms with E-state index in [1.165, 1.54) is 12.8 Å². The van der Waals surface area contributed by atoms with E-state index in [0.29, 0.717) is 39.5 Å². The Morgan fingerprint density at radius 2 is 1.53 bits per heavy atom. The van der Waals surface area contributed by atoms with Crippen LogP contribution >= 0.6 is 0 Å². The van der Waals surface area contributed by atoms with Crippen molar-refractivity contribution in [3.8, 4) is 11.5 Å². The van der Waals surface area contributed by atoms with Gasteiger partial charge in [0.1, 0.15) is 6.61 Å². The van der Waals surface area contributed by atoms with Crippen molar-refractivity contribution < 1.29 is 43.4 Å². The van der Waals surface area contributed by atoms with E-state index in [1.807, 2.05) is 47.6 Å². The van der Waals surface area contributed by atoms with Crippen molar-refractivity contribution >= 4 is 5.97 Å². The zero-order valence-electron chi connectivity index (χ0n) is 34.1. The Kier molecular flexibility index (Phi) is 18.8. The number of fused-ring (bicyclic) bond motifs is 1. The molecule has 1 aliphatic heterocycles. The first-order chi connectivity index (χ1) is 24.3. The van der Waals surface area contributed by atoms with E-state index in [1.54, 1.807) is 20.3 Å². The molecule has 4 rings (SSSR count). The normalized spacial score (nSPS) is 26.1. The molecule has 1 saturated heterocycles. The number of rotatable bonds is 17. The lowest BCUT2D eigenvalue weighted by molar-refractivity contribution is -0.175. The quantitative estimate of drug-likeness (QED) is 0.0996. The number of aryl methyl sites for hydroxylation is 1. The molecule has 0 bridgehead atoms. The third-order valence-electron chi connectivity index (χ3n) is 11.4. The number of likely N-dealkylation sites (tertiary alicyclic amines) is 1. The number of aliphatic hydroxyl groups is 1. The fraction of sp³-hybridized carbons (Fsp3) is 0.829. The molecular weight excluding hydrogens is 650 g/mol. The van der Waals surface area contributed by atoms with Crippen LogP contribution in [-0.4, -0.2) is 112 Å². The molecule has 2 N–H and O–H groups in total. The summed E-state index contributed by atoms with van der Waals surface area (Å²) in [5, 5.41) is 23.9. The van der Waals surface area contributed by atoms with Crippen molar-refractivity contribution in [2.45, 2.75) is 125 Å². The van der Waals surface area contributed by atoms with E-state index in [4.69, 9.17) is 28.4 Å². The van der Waals surface area contributed by atoms with E-state index in [2.05, 4.69) is 32.6 Å². The number of aromatic hydroxyl groups is 1. The molecule has 1 aromatic carbocycles. The van der Waals surface area contributed by atoms with Gasteiger partial charge in [-0.05, 0) is 88.3 Å². The lowest BCUT2D eigenvalue weighted by Crippen LogP contribution is -2.64. The maximum atomic E-state index is 12.8. The Bertz CT molecular complexity index is 1160. The molecule has 1 heterocycles. The van der Waals surface area contributed by atoms with Gasteiger partial charge in [0.15, 0.2) is 11.5 Å². The van der Waals surface area contributed by atoms with E-state index < -0.39 is 17.0 Å². The SMILES string of the molecule is CC.CC.COCCOCCOCCOCC(=O)Oc1ccc(C)c(C23CCN(CC4CC4)C(C)C2CC(C(C)(O)C(C)(C)C)C(OC)C3)c1O. The van der Waals surface area contributed by atoms with Crippen LogP contribution in [-0.2, 0) is 33.9 Å². The van der Waals surface area contributed by atoms with Crippen LogP contribution in [0.4, 0.5) is 0 Å². The molecule has 10 nitrogen and oxygen atoms in total. The summed E-state index contributed by atoms with van der Waals surface area (Å²) in [6.45, 7) is 24.8. The Hall–Kier alpha value is -1.79. The second kappa shape index (κ2) is 21.2. The predicted molar refractivity (Wildman–Crippen MR) is 203 cm³/mol. The smallest absolute Gasteiger partial charge is 0.337 e. The van der Waals surface area contributed by atoms with Crippen LogP contribution in [0.2, 0.25) is 0 Å². The number of ether oxygens (including phenoxy) is 6. The number of methoxy groups -OCH3 is 2. The summed E-state index contributed by atoms with van der Waals surface area (Å²) in [4.78, 5) is 15.4. The number of carbonyl (C=O) groups excluding carboxylic acids is 1. The van der Waals surface area contributed by atoms with E-state index >= 15 is 0 Å². The van der Waals surface area contributed by atoms with Crippen molar-refractivity contribution in [1.29, 1.82) is 0 Å². The molecule has 3 fully saturated rings. The van der Waals surface area contributed by atoms with Crippen LogP contribution in [0.25, 0.3) is 0 Å². The number of nitrogens with zero attached hydrogens (tertiary/aromatic N) is 1. The minimum atomic E-state index is -0.963. The first-order valence-corrected chi connectivity index (χ1v) is 19.5. The molecule has 0 amide bonds. The number of hydrogen-bond acceptors (Lipinski definition) is 10. The lowest BCUT2D eigenvalue weighted by Gasteiger charge is -2.61. The van der Waals surface area contributed by atoms with Gasteiger partial charge in [-0.3, -0.25) is 0 Å². The summed E-state index contributed by atoms with van der Waals surface area (Å²) in [6.07, 6.45) is 4.66. The third-order valence-corrected chi connectivity index (χ3v) is 11.4. The van der Waals surface area contributed by atoms with Crippen LogP contribution in [0.5, 0.6) is 11.5 Å². The maximum Gasteiger partial charge on any atom is 0.337 e. The molecule has 6 unspecified atom stereocenters. The molecule has 0 spiro atoms. The molecule has 2 aliphatic carbocycles. The van der Waals surface area contributed by atoms with E-state index in [0.717, 1.165) is 43.0 Å². The molecule has 296 valence electrons. The van der Waals surface area contributed by atoms with Gasteiger partial charge < -0.3 is 43.5 Å². The zero-order valence-corrected chi connectivity index (χ0v) is 34.1. The topological polar surface area (TPSA) is 116 Å². The highest BCUT2D eigenvalue weighted by Crippen LogP contribution is 2.60. The van der Waals surface area contributed by atoms with Gasteiger partial charge in [0.25, 0.3) is 0 Å². The average Bonchev–Trinajstić information content (AvgIpc) is 3.93. The van der Waals surface area contributed by atoms with Crippen molar-refractivity contribution in [3.05, 3.63) is 23.3 Å². The zero-order chi connectivity index (χ0) is 38.4. The van der Waals surface area contributed by atoms with Crippen molar-refractivity contribution in [2.75, 3.05) is 73.6 Å². The molecular formula is C41H73NO9. The summed E-state index contributed by atoms with van der Waals surface area (Å²) < 4.78 is 33.2. The Morgan fingerprint density at radius 1 is 0.941 bits per heavy atom. The summed E-state index contributed by atoms with van der Waals surface area (Å²) in [5.74, 6) is 0.410. The van der Waals surface area contributed by atoms with Gasteiger partial charge in [-0.15, -0.1) is 0 Å². The molecule has 10 heteroatoms. The fourth-order valence-electron chi connectivity index (χ4n) is 8.02. The van der Waals surface area contributed by atoms with Crippen LogP contribution < -0.4 is 4.74 Å². The summed E-state index contributed by atoms with van der Waals surface area (Å²) in [5.41, 5.74) is 0.0750. The van der Waals surface area contributed by atoms with Crippen LogP contribution in [0.1, 0.15) is 106 Å². The van der Waals surface area contributed by atoms with E-state index in [9.17, 15) is 15.0 Å². The lowest BCUT2D eigenvalue weighted by atomic mass is 9.50. The number of phenols is 1. The monoisotopic (exact) mass is 724 g/mol. The largest absolute Gasteiger partial charge is 0.504 e. The minimum absolute atomic E-state index is 0.0129. The highest BCUT2D eigenvalue weighted by atomic mass is 16.6. The Balaban J connectivity index is 0.00000217. The number of hydrogen-bond donors (Lipinski definition) is 2. The van der Waals surface area contributed by atoms with Gasteiger partial charge in [0.2, 0.25) is 0 Å². The molecule has 2 saturated carbocycles. The molecule has 6 atom stereocenters. The van der Waals surface area contributed by atoms with Gasteiger partial charge >= 0.3 is 5.97 Å². The average molecular weight is 724 g/mol. The van der Waals surface area contributed by atoms with Gasteiger partial charge in [-0.2, -0.15) is 0 Å². The molecule has 51 heavy (non-hydrogen) atoms. The molecule has 1 aromatic rings. The van der Waals surface area contributed by atoms with Crippen molar-refractivity contribution in [2.24, 2.45) is 23.2 Å². The molecule has 0 radical (unpaired) electrons. The van der Waals surface area contributed by atoms with Crippen molar-refractivity contribution in [3.63, 3.8) is 0 Å². The van der Waals surface area contributed by atoms with Crippen LogP contribution in [0.15, 0.2) is 12.1 Å². The highest BCUT2D eigenvalue weighted by molar-refractivity contribution is 5.75. The van der Waals surface area contributed by atoms with Gasteiger partial charge in [0, 0.05) is 43.7 Å². The second-order valence-electron chi connectivity index (χ2n) is 15.3. The summed E-state index contributed by atoms with van der Waals surface area (Å²) in [6, 6.07) is 3.85. The first-order valence-electron chi connectivity index (χ1n) is 19.5. The summed E-state index contributed by atoms with van der Waals surface area (Å²) >= 11 is 0. The van der Waals surface area contributed by atoms with Gasteiger partial charge in [-0.1, -0.05) is 54.5 Å². The van der Waals surface area contributed by atoms with Crippen LogP contribution in [0, 0.1) is 30.1 Å². The number of piperidine rings is 1. The second-order valence-corrected chi connectivity index (χ2v) is 15.3. The highest BCUT2D eigenvalue weighted by Gasteiger charge is 2.59. The Morgan fingerprint density at radius 3 is 2.08 bits per heavy atom. The molecule has 0 aromatic heterocycles. The maximum absolute atomic E-state index is 12.8. The standard InChI is InChI=1S/C37H61NO9.2C2H6/c1-25-9-12-30(47-32(39)24-46-20-19-45-18-17-44-16-15-42-7)34(40)33(25)37-13-14-38(23-27-10-11-27)26(2)28(37)21-29(31(22-37)43-8)36(6,41)35(3,4)5;2*1-2/h9,12,26-29,31,40-41H,10-11,13-24H2,1-8H3;2*1-2H3. The fourth-order valence-corrected chi connectivity index (χ4v) is 8.02. The number of esters is 1. The number of carbonyl (C=O) groups is 1. The summed E-state index contributed by atoms with van der Waals surface area (Å²) in [7, 11) is 3.36.